The first-order valence-corrected chi connectivity index (χ1v) is 8.80. The highest BCUT2D eigenvalue weighted by atomic mass is 16.5. The topological polar surface area (TPSA) is 77.3 Å². The second kappa shape index (κ2) is 8.30. The number of carbonyl (C=O) groups excluding carboxylic acids is 1. The van der Waals surface area contributed by atoms with Crippen molar-refractivity contribution in [2.75, 3.05) is 47.5 Å². The molecule has 0 atom stereocenters. The van der Waals surface area contributed by atoms with E-state index in [1.165, 1.54) is 0 Å². The molecule has 8 heteroatoms. The van der Waals surface area contributed by atoms with Crippen LogP contribution in [0.4, 0.5) is 0 Å². The van der Waals surface area contributed by atoms with E-state index in [1.54, 1.807) is 39.2 Å². The monoisotopic (exact) mass is 375 g/mol. The van der Waals surface area contributed by atoms with E-state index in [4.69, 9.17) is 18.7 Å². The largest absolute Gasteiger partial charge is 0.493 e. The standard InChI is InChI=1S/C19H25N3O5/c1-13-11-16(27-20-13)19(23)22-9-7-21(8-10-22)12-14-5-6-15(24-2)18(26-4)17(14)25-3/h5-6,11H,7-10,12H2,1-4H3. The number of rotatable bonds is 6. The molecule has 0 aliphatic carbocycles. The van der Waals surface area contributed by atoms with Crippen LogP contribution >= 0.6 is 0 Å². The lowest BCUT2D eigenvalue weighted by Crippen LogP contribution is -2.48. The van der Waals surface area contributed by atoms with Crippen molar-refractivity contribution < 1.29 is 23.5 Å². The maximum Gasteiger partial charge on any atom is 0.292 e. The molecule has 1 amide bonds. The second-order valence-electron chi connectivity index (χ2n) is 6.39. The molecule has 0 radical (unpaired) electrons. The Hall–Kier alpha value is -2.74. The van der Waals surface area contributed by atoms with Gasteiger partial charge in [0, 0.05) is 44.4 Å². The molecule has 1 saturated heterocycles. The summed E-state index contributed by atoms with van der Waals surface area (Å²) in [4.78, 5) is 16.5. The third kappa shape index (κ3) is 4.00. The molecule has 1 aliphatic heterocycles. The summed E-state index contributed by atoms with van der Waals surface area (Å²) in [5, 5.41) is 3.78. The van der Waals surface area contributed by atoms with Crippen molar-refractivity contribution in [2.45, 2.75) is 13.5 Å². The molecule has 8 nitrogen and oxygen atoms in total. The average molecular weight is 375 g/mol. The Morgan fingerprint density at radius 1 is 1.07 bits per heavy atom. The van der Waals surface area contributed by atoms with Crippen LogP contribution in [-0.2, 0) is 6.54 Å². The van der Waals surface area contributed by atoms with E-state index in [2.05, 4.69) is 10.1 Å². The van der Waals surface area contributed by atoms with E-state index in [0.29, 0.717) is 48.3 Å². The molecule has 3 rings (SSSR count). The molecule has 0 N–H and O–H groups in total. The van der Waals surface area contributed by atoms with Crippen LogP contribution in [0.2, 0.25) is 0 Å². The molecule has 27 heavy (non-hydrogen) atoms. The number of methoxy groups -OCH3 is 3. The van der Waals surface area contributed by atoms with Crippen molar-refractivity contribution in [3.8, 4) is 17.2 Å². The summed E-state index contributed by atoms with van der Waals surface area (Å²) >= 11 is 0. The molecule has 1 aliphatic rings. The van der Waals surface area contributed by atoms with Crippen molar-refractivity contribution in [2.24, 2.45) is 0 Å². The number of piperazine rings is 1. The van der Waals surface area contributed by atoms with E-state index >= 15 is 0 Å². The number of hydrogen-bond donors (Lipinski definition) is 0. The van der Waals surface area contributed by atoms with Gasteiger partial charge in [-0.3, -0.25) is 9.69 Å². The second-order valence-corrected chi connectivity index (χ2v) is 6.39. The van der Waals surface area contributed by atoms with E-state index < -0.39 is 0 Å². The minimum Gasteiger partial charge on any atom is -0.493 e. The van der Waals surface area contributed by atoms with Crippen molar-refractivity contribution in [3.63, 3.8) is 0 Å². The SMILES string of the molecule is COc1ccc(CN2CCN(C(=O)c3cc(C)no3)CC2)c(OC)c1OC. The first-order valence-electron chi connectivity index (χ1n) is 8.80. The van der Waals surface area contributed by atoms with E-state index in [0.717, 1.165) is 18.7 Å². The zero-order chi connectivity index (χ0) is 19.4. The molecule has 1 aromatic carbocycles. The van der Waals surface area contributed by atoms with Crippen LogP contribution in [0, 0.1) is 6.92 Å². The minimum absolute atomic E-state index is 0.112. The lowest BCUT2D eigenvalue weighted by molar-refractivity contribution is 0.0587. The molecule has 1 aromatic heterocycles. The predicted molar refractivity (Wildman–Crippen MR) is 98.5 cm³/mol. The van der Waals surface area contributed by atoms with Crippen molar-refractivity contribution in [1.82, 2.24) is 15.0 Å². The number of aromatic nitrogens is 1. The van der Waals surface area contributed by atoms with Gasteiger partial charge in [-0.25, -0.2) is 0 Å². The van der Waals surface area contributed by atoms with Gasteiger partial charge in [0.25, 0.3) is 5.91 Å². The Morgan fingerprint density at radius 2 is 1.78 bits per heavy atom. The Bertz CT molecular complexity index is 797. The summed E-state index contributed by atoms with van der Waals surface area (Å²) < 4.78 is 21.4. The molecular weight excluding hydrogens is 350 g/mol. The number of ether oxygens (including phenoxy) is 3. The smallest absolute Gasteiger partial charge is 0.292 e. The van der Waals surface area contributed by atoms with Crippen LogP contribution in [0.1, 0.15) is 21.8 Å². The highest BCUT2D eigenvalue weighted by Gasteiger charge is 2.26. The number of carbonyl (C=O) groups is 1. The van der Waals surface area contributed by atoms with Gasteiger partial charge in [0.05, 0.1) is 27.0 Å². The summed E-state index contributed by atoms with van der Waals surface area (Å²) in [6.07, 6.45) is 0. The third-order valence-corrected chi connectivity index (χ3v) is 4.68. The molecule has 0 spiro atoms. The van der Waals surface area contributed by atoms with Crippen LogP contribution in [0.3, 0.4) is 0 Å². The fraction of sp³-hybridized carbons (Fsp3) is 0.474. The van der Waals surface area contributed by atoms with Gasteiger partial charge >= 0.3 is 0 Å². The van der Waals surface area contributed by atoms with Gasteiger partial charge in [0.1, 0.15) is 0 Å². The highest BCUT2D eigenvalue weighted by Crippen LogP contribution is 2.40. The Kier molecular flexibility index (Phi) is 5.85. The van der Waals surface area contributed by atoms with E-state index in [-0.39, 0.29) is 5.91 Å². The van der Waals surface area contributed by atoms with Crippen LogP contribution in [0.25, 0.3) is 0 Å². The van der Waals surface area contributed by atoms with Crippen LogP contribution < -0.4 is 14.2 Å². The summed E-state index contributed by atoms with van der Waals surface area (Å²) in [6.45, 7) is 5.29. The van der Waals surface area contributed by atoms with E-state index in [1.807, 2.05) is 12.1 Å². The van der Waals surface area contributed by atoms with Gasteiger partial charge in [0.15, 0.2) is 11.5 Å². The lowest BCUT2D eigenvalue weighted by Gasteiger charge is -2.34. The molecular formula is C19H25N3O5. The summed E-state index contributed by atoms with van der Waals surface area (Å²) in [7, 11) is 4.82. The molecule has 0 bridgehead atoms. The molecule has 2 heterocycles. The Morgan fingerprint density at radius 3 is 2.33 bits per heavy atom. The van der Waals surface area contributed by atoms with Crippen LogP contribution in [0.5, 0.6) is 17.2 Å². The highest BCUT2D eigenvalue weighted by molar-refractivity contribution is 5.91. The summed E-state index contributed by atoms with van der Waals surface area (Å²) in [6, 6.07) is 5.53. The minimum atomic E-state index is -0.112. The van der Waals surface area contributed by atoms with Gasteiger partial charge in [-0.1, -0.05) is 11.2 Å². The quantitative estimate of drug-likeness (QED) is 0.764. The van der Waals surface area contributed by atoms with Crippen LogP contribution in [0.15, 0.2) is 22.7 Å². The summed E-state index contributed by atoms with van der Waals surface area (Å²) in [5.41, 5.74) is 1.72. The van der Waals surface area contributed by atoms with Gasteiger partial charge in [-0.15, -0.1) is 0 Å². The molecule has 146 valence electrons. The maximum atomic E-state index is 12.5. The third-order valence-electron chi connectivity index (χ3n) is 4.68. The lowest BCUT2D eigenvalue weighted by atomic mass is 10.1. The Labute approximate surface area is 158 Å². The van der Waals surface area contributed by atoms with Gasteiger partial charge in [0.2, 0.25) is 11.5 Å². The van der Waals surface area contributed by atoms with E-state index in [9.17, 15) is 4.79 Å². The zero-order valence-electron chi connectivity index (χ0n) is 16.2. The fourth-order valence-corrected chi connectivity index (χ4v) is 3.26. The molecule has 2 aromatic rings. The first-order chi connectivity index (χ1) is 13.1. The molecule has 1 fully saturated rings. The average Bonchev–Trinajstić information content (AvgIpc) is 3.13. The number of aryl methyl sites for hydroxylation is 1. The zero-order valence-corrected chi connectivity index (χ0v) is 16.2. The van der Waals surface area contributed by atoms with Crippen LogP contribution in [-0.4, -0.2) is 68.4 Å². The number of nitrogens with zero attached hydrogens (tertiary/aromatic N) is 3. The number of amides is 1. The normalized spacial score (nSPS) is 14.9. The van der Waals surface area contributed by atoms with Crippen molar-refractivity contribution in [3.05, 3.63) is 35.2 Å². The maximum absolute atomic E-state index is 12.5. The molecule has 0 unspecified atom stereocenters. The van der Waals surface area contributed by atoms with Gasteiger partial charge in [-0.2, -0.15) is 0 Å². The van der Waals surface area contributed by atoms with Crippen molar-refractivity contribution in [1.29, 1.82) is 0 Å². The predicted octanol–water partition coefficient (Wildman–Crippen LogP) is 1.97. The first kappa shape index (κ1) is 19.0. The number of hydrogen-bond acceptors (Lipinski definition) is 7. The van der Waals surface area contributed by atoms with Crippen molar-refractivity contribution >= 4 is 5.91 Å². The fourth-order valence-electron chi connectivity index (χ4n) is 3.26. The van der Waals surface area contributed by atoms with Gasteiger partial charge < -0.3 is 23.6 Å². The summed E-state index contributed by atoms with van der Waals surface area (Å²) in [5.74, 6) is 2.08. The molecule has 0 saturated carbocycles. The Balaban J connectivity index is 1.65. The van der Waals surface area contributed by atoms with Gasteiger partial charge in [-0.05, 0) is 13.0 Å². The number of benzene rings is 1.